The van der Waals surface area contributed by atoms with Crippen LogP contribution in [0.1, 0.15) is 48.0 Å². The van der Waals surface area contributed by atoms with Gasteiger partial charge in [0.2, 0.25) is 0 Å². The predicted molar refractivity (Wildman–Crippen MR) is 130 cm³/mol. The van der Waals surface area contributed by atoms with Crippen molar-refractivity contribution in [2.45, 2.75) is 50.9 Å². The number of pyridine rings is 1. The van der Waals surface area contributed by atoms with Gasteiger partial charge in [-0.3, -0.25) is 9.59 Å². The van der Waals surface area contributed by atoms with E-state index in [1.54, 1.807) is 38.4 Å². The van der Waals surface area contributed by atoms with Crippen LogP contribution in [0, 0.1) is 5.41 Å². The maximum absolute atomic E-state index is 13.3. The maximum atomic E-state index is 13.3. The van der Waals surface area contributed by atoms with Crippen LogP contribution in [0.15, 0.2) is 41.3 Å². The van der Waals surface area contributed by atoms with Crippen LogP contribution in [0.2, 0.25) is 0 Å². The van der Waals surface area contributed by atoms with Crippen LogP contribution in [0.5, 0.6) is 0 Å². The molecule has 35 heavy (non-hydrogen) atoms. The molecule has 1 saturated heterocycles. The van der Waals surface area contributed by atoms with E-state index in [2.05, 4.69) is 0 Å². The molecular formula is C26H33N3O6. The molecule has 0 radical (unpaired) electrons. The van der Waals surface area contributed by atoms with Crippen molar-refractivity contribution in [2.24, 2.45) is 5.41 Å². The number of aromatic nitrogens is 1. The lowest BCUT2D eigenvalue weighted by molar-refractivity contribution is -0.137. The molecule has 188 valence electrons. The van der Waals surface area contributed by atoms with Gasteiger partial charge in [-0.15, -0.1) is 0 Å². The Bertz CT molecular complexity index is 1180. The molecular weight excluding hydrogens is 450 g/mol. The van der Waals surface area contributed by atoms with Crippen molar-refractivity contribution < 1.29 is 24.9 Å². The average Bonchev–Trinajstić information content (AvgIpc) is 3.31. The zero-order chi connectivity index (χ0) is 25.4. The fourth-order valence-corrected chi connectivity index (χ4v) is 5.80. The van der Waals surface area contributed by atoms with Crippen molar-refractivity contribution in [3.63, 3.8) is 0 Å². The molecule has 0 bridgehead atoms. The van der Waals surface area contributed by atoms with Crippen molar-refractivity contribution in [3.8, 4) is 11.1 Å². The molecule has 1 aliphatic heterocycles. The summed E-state index contributed by atoms with van der Waals surface area (Å²) in [6, 6.07) is 8.46. The normalized spacial score (nSPS) is 21.3. The van der Waals surface area contributed by atoms with Gasteiger partial charge in [-0.1, -0.05) is 37.1 Å². The van der Waals surface area contributed by atoms with Crippen LogP contribution >= 0.6 is 0 Å². The number of aliphatic hydroxyl groups is 2. The summed E-state index contributed by atoms with van der Waals surface area (Å²) in [6.07, 6.45) is 3.89. The summed E-state index contributed by atoms with van der Waals surface area (Å²) in [6.45, 7) is 0.166. The lowest BCUT2D eigenvalue weighted by atomic mass is 9.66. The Morgan fingerprint density at radius 2 is 1.77 bits per heavy atom. The summed E-state index contributed by atoms with van der Waals surface area (Å²) in [5.41, 5.74) is -0.350. The van der Waals surface area contributed by atoms with Gasteiger partial charge in [-0.25, -0.2) is 4.79 Å². The number of aliphatic hydroxyl groups excluding tert-OH is 1. The number of benzene rings is 1. The fraction of sp³-hybridized carbons (Fsp3) is 0.500. The smallest absolute Gasteiger partial charge is 0.407 e. The quantitative estimate of drug-likeness (QED) is 0.600. The third-order valence-electron chi connectivity index (χ3n) is 7.78. The molecule has 4 rings (SSSR count). The Labute approximate surface area is 204 Å². The summed E-state index contributed by atoms with van der Waals surface area (Å²) in [4.78, 5) is 40.9. The summed E-state index contributed by atoms with van der Waals surface area (Å²) in [5, 5.41) is 31.3. The molecule has 9 nitrogen and oxygen atoms in total. The summed E-state index contributed by atoms with van der Waals surface area (Å²) < 4.78 is 1.39. The highest BCUT2D eigenvalue weighted by Gasteiger charge is 2.55. The van der Waals surface area contributed by atoms with Crippen LogP contribution in [-0.2, 0) is 13.2 Å². The minimum atomic E-state index is -1.28. The lowest BCUT2D eigenvalue weighted by Gasteiger charge is -2.51. The van der Waals surface area contributed by atoms with Crippen molar-refractivity contribution in [1.29, 1.82) is 0 Å². The van der Waals surface area contributed by atoms with Gasteiger partial charge in [0.05, 0.1) is 24.3 Å². The second kappa shape index (κ2) is 9.47. The number of hydrogen-bond acceptors (Lipinski definition) is 5. The molecule has 2 aromatic rings. The zero-order valence-electron chi connectivity index (χ0n) is 20.2. The van der Waals surface area contributed by atoms with Gasteiger partial charge in [0, 0.05) is 50.4 Å². The van der Waals surface area contributed by atoms with Gasteiger partial charge >= 0.3 is 6.09 Å². The van der Waals surface area contributed by atoms with Crippen LogP contribution in [0.3, 0.4) is 0 Å². The van der Waals surface area contributed by atoms with Crippen LogP contribution < -0.4 is 5.56 Å². The Morgan fingerprint density at radius 1 is 1.09 bits per heavy atom. The number of amides is 2. The average molecular weight is 484 g/mol. The lowest BCUT2D eigenvalue weighted by Crippen LogP contribution is -2.62. The van der Waals surface area contributed by atoms with Crippen LogP contribution in [0.25, 0.3) is 11.1 Å². The predicted octanol–water partition coefficient (Wildman–Crippen LogP) is 2.38. The number of likely N-dealkylation sites (tertiary alicyclic amines) is 1. The van der Waals surface area contributed by atoms with Gasteiger partial charge in [0.25, 0.3) is 11.5 Å². The van der Waals surface area contributed by atoms with E-state index < -0.39 is 17.1 Å². The zero-order valence-corrected chi connectivity index (χ0v) is 20.2. The van der Waals surface area contributed by atoms with Crippen molar-refractivity contribution in [1.82, 2.24) is 14.4 Å². The fourth-order valence-electron chi connectivity index (χ4n) is 5.80. The minimum Gasteiger partial charge on any atom is -0.465 e. The molecule has 1 atom stereocenters. The molecule has 1 saturated carbocycles. The number of hydrogen-bond donors (Lipinski definition) is 3. The number of piperidine rings is 1. The summed E-state index contributed by atoms with van der Waals surface area (Å²) in [5.74, 6) is -0.301. The molecule has 1 spiro atoms. The van der Waals surface area contributed by atoms with Gasteiger partial charge in [0.1, 0.15) is 0 Å². The molecule has 2 aliphatic rings. The van der Waals surface area contributed by atoms with Crippen molar-refractivity contribution in [3.05, 3.63) is 58.0 Å². The number of carbonyl (C=O) groups excluding carboxylic acids is 1. The van der Waals surface area contributed by atoms with E-state index in [1.807, 2.05) is 0 Å². The van der Waals surface area contributed by atoms with Crippen molar-refractivity contribution in [2.75, 3.05) is 27.2 Å². The Hall–Kier alpha value is -3.17. The first-order chi connectivity index (χ1) is 16.6. The SMILES string of the molecule is CN(C)C(=O)c1cn(CC2(O)CCN(C(=O)O)CC23CCCC3)c(=O)cc1-c1ccccc1CO. The standard InChI is InChI=1S/C26H33N3O6/c1-27(2)23(32)21-14-29(22(31)13-20(21)19-8-4-3-7-18(19)15-30)17-26(35)11-12-28(24(33)34)16-25(26)9-5-6-10-25/h3-4,7-8,13-14,30,35H,5-6,9-12,15-17H2,1-2H3,(H,33,34). The summed E-state index contributed by atoms with van der Waals surface area (Å²) >= 11 is 0. The number of carboxylic acid groups (broad SMARTS) is 1. The highest BCUT2D eigenvalue weighted by atomic mass is 16.4. The van der Waals surface area contributed by atoms with Gasteiger partial charge in [-0.05, 0) is 30.4 Å². The van der Waals surface area contributed by atoms with Gasteiger partial charge in [0.15, 0.2) is 0 Å². The largest absolute Gasteiger partial charge is 0.465 e. The molecule has 1 unspecified atom stereocenters. The van der Waals surface area contributed by atoms with E-state index in [1.165, 1.54) is 26.6 Å². The molecule has 1 aromatic carbocycles. The minimum absolute atomic E-state index is 0.0189. The van der Waals surface area contributed by atoms with E-state index in [0.29, 0.717) is 35.1 Å². The monoisotopic (exact) mass is 483 g/mol. The first-order valence-corrected chi connectivity index (χ1v) is 12.0. The van der Waals surface area contributed by atoms with Crippen LogP contribution in [-0.4, -0.2) is 74.5 Å². The molecule has 9 heteroatoms. The Balaban J connectivity index is 1.79. The molecule has 3 N–H and O–H groups in total. The molecule has 1 aromatic heterocycles. The first-order valence-electron chi connectivity index (χ1n) is 12.0. The first kappa shape index (κ1) is 24.9. The number of rotatable bonds is 5. The maximum Gasteiger partial charge on any atom is 0.407 e. The molecule has 2 fully saturated rings. The molecule has 2 heterocycles. The Kier molecular flexibility index (Phi) is 6.75. The second-order valence-corrected chi connectivity index (χ2v) is 10.1. The third kappa shape index (κ3) is 4.46. The van der Waals surface area contributed by atoms with E-state index in [-0.39, 0.29) is 44.1 Å². The third-order valence-corrected chi connectivity index (χ3v) is 7.78. The highest BCUT2D eigenvalue weighted by Crippen LogP contribution is 2.51. The van der Waals surface area contributed by atoms with Gasteiger partial charge in [-0.2, -0.15) is 0 Å². The van der Waals surface area contributed by atoms with Crippen LogP contribution in [0.4, 0.5) is 4.79 Å². The number of carbonyl (C=O) groups is 2. The van der Waals surface area contributed by atoms with E-state index in [9.17, 15) is 29.7 Å². The summed E-state index contributed by atoms with van der Waals surface area (Å²) in [7, 11) is 3.25. The highest BCUT2D eigenvalue weighted by molar-refractivity contribution is 6.00. The van der Waals surface area contributed by atoms with E-state index in [0.717, 1.165) is 12.8 Å². The topological polar surface area (TPSA) is 123 Å². The number of nitrogens with zero attached hydrogens (tertiary/aromatic N) is 3. The van der Waals surface area contributed by atoms with Gasteiger partial charge < -0.3 is 29.7 Å². The molecule has 1 aliphatic carbocycles. The Morgan fingerprint density at radius 3 is 2.40 bits per heavy atom. The van der Waals surface area contributed by atoms with Crippen molar-refractivity contribution >= 4 is 12.0 Å². The molecule has 2 amide bonds. The van der Waals surface area contributed by atoms with E-state index in [4.69, 9.17) is 0 Å². The second-order valence-electron chi connectivity index (χ2n) is 10.1. The van der Waals surface area contributed by atoms with E-state index >= 15 is 0 Å².